The van der Waals surface area contributed by atoms with Gasteiger partial charge in [-0.05, 0) is 26.1 Å². The molecule has 0 aliphatic rings. The van der Waals surface area contributed by atoms with Crippen molar-refractivity contribution in [3.05, 3.63) is 28.9 Å². The predicted molar refractivity (Wildman–Crippen MR) is 63.2 cm³/mol. The highest BCUT2D eigenvalue weighted by atomic mass is 35.5. The first-order valence-corrected chi connectivity index (χ1v) is 5.44. The van der Waals surface area contributed by atoms with Crippen LogP contribution < -0.4 is 5.32 Å². The van der Waals surface area contributed by atoms with Crippen LogP contribution in [0.1, 0.15) is 12.6 Å². The minimum absolute atomic E-state index is 0.775. The molecular weight excluding hydrogens is 210 g/mol. The molecule has 0 radical (unpaired) electrons. The minimum atomic E-state index is 0.775. The molecule has 0 aliphatic heterocycles. The van der Waals surface area contributed by atoms with E-state index < -0.39 is 0 Å². The van der Waals surface area contributed by atoms with Crippen LogP contribution in [0.2, 0.25) is 5.02 Å². The van der Waals surface area contributed by atoms with Gasteiger partial charge in [0.1, 0.15) is 0 Å². The van der Waals surface area contributed by atoms with Crippen LogP contribution in [-0.2, 0) is 13.1 Å². The summed E-state index contributed by atoms with van der Waals surface area (Å²) in [6.45, 7) is 3.73. The summed E-state index contributed by atoms with van der Waals surface area (Å²) in [5, 5.41) is 9.49. The number of benzene rings is 1. The summed E-state index contributed by atoms with van der Waals surface area (Å²) in [7, 11) is 1.93. The molecule has 15 heavy (non-hydrogen) atoms. The van der Waals surface area contributed by atoms with Crippen LogP contribution in [0.5, 0.6) is 0 Å². The number of rotatable bonds is 3. The Balaban J connectivity index is 2.70. The SMILES string of the molecule is CCn1nc2cccc(Cl)c2c1CNC. The first kappa shape index (κ1) is 10.5. The smallest absolute Gasteiger partial charge is 0.0941 e. The molecule has 0 atom stereocenters. The molecule has 1 heterocycles. The second kappa shape index (κ2) is 4.21. The van der Waals surface area contributed by atoms with Gasteiger partial charge in [-0.15, -0.1) is 0 Å². The number of fused-ring (bicyclic) bond motifs is 1. The molecule has 1 N–H and O–H groups in total. The monoisotopic (exact) mass is 223 g/mol. The average molecular weight is 224 g/mol. The Labute approximate surface area is 94.0 Å². The molecular formula is C11H14ClN3. The van der Waals surface area contributed by atoms with E-state index in [-0.39, 0.29) is 0 Å². The van der Waals surface area contributed by atoms with Gasteiger partial charge in [0.05, 0.1) is 16.2 Å². The van der Waals surface area contributed by atoms with E-state index in [1.807, 2.05) is 29.9 Å². The average Bonchev–Trinajstić information content (AvgIpc) is 2.58. The molecule has 4 heteroatoms. The predicted octanol–water partition coefficient (Wildman–Crippen LogP) is 2.43. The van der Waals surface area contributed by atoms with Gasteiger partial charge in [-0.1, -0.05) is 17.7 Å². The van der Waals surface area contributed by atoms with Crippen LogP contribution in [0.3, 0.4) is 0 Å². The maximum Gasteiger partial charge on any atom is 0.0941 e. The Morgan fingerprint density at radius 1 is 1.47 bits per heavy atom. The Hall–Kier alpha value is -1.06. The van der Waals surface area contributed by atoms with Crippen molar-refractivity contribution in [1.82, 2.24) is 15.1 Å². The van der Waals surface area contributed by atoms with Gasteiger partial charge in [-0.3, -0.25) is 4.68 Å². The zero-order valence-corrected chi connectivity index (χ0v) is 9.67. The Bertz CT molecular complexity index is 476. The van der Waals surface area contributed by atoms with Crippen molar-refractivity contribution in [1.29, 1.82) is 0 Å². The molecule has 0 saturated carbocycles. The molecule has 0 aliphatic carbocycles. The summed E-state index contributed by atoms with van der Waals surface area (Å²) in [5.41, 5.74) is 2.12. The number of aryl methyl sites for hydroxylation is 1. The van der Waals surface area contributed by atoms with Gasteiger partial charge in [-0.25, -0.2) is 0 Å². The van der Waals surface area contributed by atoms with E-state index in [9.17, 15) is 0 Å². The van der Waals surface area contributed by atoms with Crippen molar-refractivity contribution in [3.8, 4) is 0 Å². The number of aromatic nitrogens is 2. The standard InChI is InChI=1S/C11H14ClN3/c1-3-15-10(7-13-2)11-8(12)5-4-6-9(11)14-15/h4-6,13H,3,7H2,1-2H3. The van der Waals surface area contributed by atoms with Crippen molar-refractivity contribution in [3.63, 3.8) is 0 Å². The van der Waals surface area contributed by atoms with Crippen LogP contribution in [0, 0.1) is 0 Å². The second-order valence-electron chi connectivity index (χ2n) is 3.43. The van der Waals surface area contributed by atoms with Crippen molar-refractivity contribution in [2.24, 2.45) is 0 Å². The lowest BCUT2D eigenvalue weighted by Gasteiger charge is -2.04. The van der Waals surface area contributed by atoms with Crippen LogP contribution in [0.4, 0.5) is 0 Å². The number of halogens is 1. The summed E-state index contributed by atoms with van der Waals surface area (Å²) in [6.07, 6.45) is 0. The number of hydrogen-bond acceptors (Lipinski definition) is 2. The number of hydrogen-bond donors (Lipinski definition) is 1. The van der Waals surface area contributed by atoms with E-state index in [0.717, 1.165) is 34.7 Å². The maximum atomic E-state index is 6.19. The lowest BCUT2D eigenvalue weighted by molar-refractivity contribution is 0.610. The maximum absolute atomic E-state index is 6.19. The second-order valence-corrected chi connectivity index (χ2v) is 3.83. The molecule has 0 bridgehead atoms. The summed E-state index contributed by atoms with van der Waals surface area (Å²) in [5.74, 6) is 0. The highest BCUT2D eigenvalue weighted by molar-refractivity contribution is 6.35. The minimum Gasteiger partial charge on any atom is -0.314 e. The van der Waals surface area contributed by atoms with Crippen molar-refractivity contribution < 1.29 is 0 Å². The largest absolute Gasteiger partial charge is 0.314 e. The van der Waals surface area contributed by atoms with Gasteiger partial charge in [0, 0.05) is 18.5 Å². The van der Waals surface area contributed by atoms with Gasteiger partial charge >= 0.3 is 0 Å². The zero-order valence-electron chi connectivity index (χ0n) is 8.92. The first-order chi connectivity index (χ1) is 7.27. The third-order valence-electron chi connectivity index (χ3n) is 2.46. The molecule has 0 spiro atoms. The van der Waals surface area contributed by atoms with Crippen LogP contribution >= 0.6 is 11.6 Å². The molecule has 2 rings (SSSR count). The van der Waals surface area contributed by atoms with Crippen molar-refractivity contribution in [2.75, 3.05) is 7.05 Å². The fourth-order valence-electron chi connectivity index (χ4n) is 1.81. The summed E-state index contributed by atoms with van der Waals surface area (Å²) in [6, 6.07) is 5.83. The summed E-state index contributed by atoms with van der Waals surface area (Å²) in [4.78, 5) is 0. The van der Waals surface area contributed by atoms with E-state index in [1.54, 1.807) is 0 Å². The number of nitrogens with zero attached hydrogens (tertiary/aromatic N) is 2. The number of nitrogens with one attached hydrogen (secondary N) is 1. The van der Waals surface area contributed by atoms with E-state index >= 15 is 0 Å². The first-order valence-electron chi connectivity index (χ1n) is 5.06. The molecule has 1 aromatic carbocycles. The lowest BCUT2D eigenvalue weighted by atomic mass is 10.2. The molecule has 3 nitrogen and oxygen atoms in total. The van der Waals surface area contributed by atoms with Gasteiger partial charge in [0.25, 0.3) is 0 Å². The molecule has 2 aromatic rings. The third-order valence-corrected chi connectivity index (χ3v) is 2.78. The molecule has 0 unspecified atom stereocenters. The Morgan fingerprint density at radius 3 is 2.93 bits per heavy atom. The van der Waals surface area contributed by atoms with E-state index in [0.29, 0.717) is 0 Å². The Kier molecular flexibility index (Phi) is 2.93. The molecule has 0 fully saturated rings. The molecule has 80 valence electrons. The van der Waals surface area contributed by atoms with Crippen LogP contribution in [-0.4, -0.2) is 16.8 Å². The molecule has 0 saturated heterocycles. The highest BCUT2D eigenvalue weighted by Crippen LogP contribution is 2.26. The van der Waals surface area contributed by atoms with E-state index in [2.05, 4.69) is 17.3 Å². The lowest BCUT2D eigenvalue weighted by Crippen LogP contribution is -2.11. The van der Waals surface area contributed by atoms with Crippen LogP contribution in [0.25, 0.3) is 10.9 Å². The van der Waals surface area contributed by atoms with Gasteiger partial charge in [-0.2, -0.15) is 5.10 Å². The van der Waals surface area contributed by atoms with Crippen LogP contribution in [0.15, 0.2) is 18.2 Å². The van der Waals surface area contributed by atoms with Crippen molar-refractivity contribution in [2.45, 2.75) is 20.0 Å². The normalized spacial score (nSPS) is 11.1. The van der Waals surface area contributed by atoms with E-state index in [4.69, 9.17) is 11.6 Å². The third kappa shape index (κ3) is 1.73. The quantitative estimate of drug-likeness (QED) is 0.866. The van der Waals surface area contributed by atoms with E-state index in [1.165, 1.54) is 0 Å². The van der Waals surface area contributed by atoms with Crippen molar-refractivity contribution >= 4 is 22.5 Å². The molecule has 0 amide bonds. The highest BCUT2D eigenvalue weighted by Gasteiger charge is 2.11. The van der Waals surface area contributed by atoms with Gasteiger partial charge < -0.3 is 5.32 Å². The summed E-state index contributed by atoms with van der Waals surface area (Å²) >= 11 is 6.19. The zero-order chi connectivity index (χ0) is 10.8. The summed E-state index contributed by atoms with van der Waals surface area (Å²) < 4.78 is 1.99. The molecule has 1 aromatic heterocycles. The fraction of sp³-hybridized carbons (Fsp3) is 0.364. The van der Waals surface area contributed by atoms with Gasteiger partial charge in [0.15, 0.2) is 0 Å². The van der Waals surface area contributed by atoms with Gasteiger partial charge in [0.2, 0.25) is 0 Å². The Morgan fingerprint density at radius 2 is 2.27 bits per heavy atom. The topological polar surface area (TPSA) is 29.9 Å². The fourth-order valence-corrected chi connectivity index (χ4v) is 2.09.